The van der Waals surface area contributed by atoms with Gasteiger partial charge in [-0.3, -0.25) is 9.59 Å². The summed E-state index contributed by atoms with van der Waals surface area (Å²) in [6, 6.07) is 4.91. The molecular formula is C20H19F3N6O3. The van der Waals surface area contributed by atoms with Gasteiger partial charge in [0.25, 0.3) is 0 Å². The molecule has 1 saturated heterocycles. The van der Waals surface area contributed by atoms with Crippen molar-refractivity contribution < 1.29 is 27.3 Å². The second kappa shape index (κ2) is 8.44. The Kier molecular flexibility index (Phi) is 5.68. The number of likely N-dealkylation sites (tertiary alicyclic amines) is 1. The van der Waals surface area contributed by atoms with E-state index in [1.807, 2.05) is 0 Å². The smallest absolute Gasteiger partial charge is 0.339 e. The molecule has 12 heteroatoms. The number of rotatable bonds is 3. The lowest BCUT2D eigenvalue weighted by Crippen LogP contribution is -2.44. The van der Waals surface area contributed by atoms with E-state index in [4.69, 9.17) is 4.52 Å². The average molecular weight is 448 g/mol. The summed E-state index contributed by atoms with van der Waals surface area (Å²) in [6.45, 7) is 2.14. The van der Waals surface area contributed by atoms with Crippen LogP contribution in [0.2, 0.25) is 0 Å². The van der Waals surface area contributed by atoms with Crippen LogP contribution in [0, 0.1) is 6.92 Å². The van der Waals surface area contributed by atoms with Gasteiger partial charge >= 0.3 is 18.0 Å². The predicted molar refractivity (Wildman–Crippen MR) is 105 cm³/mol. The van der Waals surface area contributed by atoms with E-state index >= 15 is 0 Å². The minimum atomic E-state index is -4.75. The second-order valence-electron chi connectivity index (χ2n) is 7.40. The Bertz CT molecular complexity index is 1130. The summed E-state index contributed by atoms with van der Waals surface area (Å²) >= 11 is 0. The normalized spacial score (nSPS) is 16.8. The van der Waals surface area contributed by atoms with Crippen LogP contribution in [0.4, 0.5) is 18.9 Å². The van der Waals surface area contributed by atoms with Gasteiger partial charge in [-0.05, 0) is 44.0 Å². The Hall–Kier alpha value is -3.70. The van der Waals surface area contributed by atoms with Crippen LogP contribution in [-0.2, 0) is 15.8 Å². The monoisotopic (exact) mass is 448 g/mol. The molecule has 2 amide bonds. The first-order valence-corrected chi connectivity index (χ1v) is 9.84. The van der Waals surface area contributed by atoms with Gasteiger partial charge in [-0.15, -0.1) is 0 Å². The van der Waals surface area contributed by atoms with Crippen LogP contribution in [0.1, 0.15) is 36.0 Å². The number of carbonyl (C=O) groups is 2. The van der Waals surface area contributed by atoms with Crippen molar-refractivity contribution in [3.05, 3.63) is 53.9 Å². The number of piperidine rings is 1. The first-order chi connectivity index (χ1) is 15.2. The molecule has 1 unspecified atom stereocenters. The molecule has 2 aromatic heterocycles. The number of nitrogens with zero attached hydrogens (tertiary/aromatic N) is 5. The van der Waals surface area contributed by atoms with Gasteiger partial charge in [-0.1, -0.05) is 5.16 Å². The summed E-state index contributed by atoms with van der Waals surface area (Å²) in [6.07, 6.45) is -0.531. The molecule has 1 fully saturated rings. The fraction of sp³-hybridized carbons (Fsp3) is 0.350. The largest absolute Gasteiger partial charge is 0.418 e. The Morgan fingerprint density at radius 2 is 2.09 bits per heavy atom. The lowest BCUT2D eigenvalue weighted by Gasteiger charge is -2.30. The van der Waals surface area contributed by atoms with E-state index in [0.717, 1.165) is 12.1 Å². The van der Waals surface area contributed by atoms with Gasteiger partial charge in [-0.2, -0.15) is 23.3 Å². The summed E-state index contributed by atoms with van der Waals surface area (Å²) in [7, 11) is 0. The maximum absolute atomic E-state index is 13.6. The molecule has 1 N–H and O–H groups in total. The van der Waals surface area contributed by atoms with E-state index < -0.39 is 29.2 Å². The SMILES string of the molecule is Cc1noc(C2CCCN(C(=O)C(=O)Nc3ccc(-n4cccn4)cc3C(F)(F)F)C2)n1. The fourth-order valence-electron chi connectivity index (χ4n) is 3.60. The van der Waals surface area contributed by atoms with E-state index in [2.05, 4.69) is 20.6 Å². The Morgan fingerprint density at radius 3 is 2.75 bits per heavy atom. The molecule has 9 nitrogen and oxygen atoms in total. The molecule has 32 heavy (non-hydrogen) atoms. The number of carbonyl (C=O) groups excluding carboxylic acids is 2. The highest BCUT2D eigenvalue weighted by Crippen LogP contribution is 2.36. The third-order valence-electron chi connectivity index (χ3n) is 5.12. The summed E-state index contributed by atoms with van der Waals surface area (Å²) in [4.78, 5) is 30.6. The number of hydrogen-bond donors (Lipinski definition) is 1. The van der Waals surface area contributed by atoms with E-state index in [1.165, 1.54) is 28.0 Å². The zero-order valence-corrected chi connectivity index (χ0v) is 17.0. The highest BCUT2D eigenvalue weighted by molar-refractivity contribution is 6.39. The van der Waals surface area contributed by atoms with Crippen molar-refractivity contribution in [1.82, 2.24) is 24.8 Å². The first kappa shape index (κ1) is 21.5. The first-order valence-electron chi connectivity index (χ1n) is 9.84. The molecule has 3 heterocycles. The third kappa shape index (κ3) is 4.48. The van der Waals surface area contributed by atoms with Crippen LogP contribution in [0.3, 0.4) is 0 Å². The Balaban J connectivity index is 1.51. The van der Waals surface area contributed by atoms with Gasteiger partial charge in [0, 0.05) is 25.5 Å². The number of nitrogens with one attached hydrogen (secondary N) is 1. The second-order valence-corrected chi connectivity index (χ2v) is 7.40. The van der Waals surface area contributed by atoms with Crippen molar-refractivity contribution in [2.75, 3.05) is 18.4 Å². The maximum Gasteiger partial charge on any atom is 0.418 e. The van der Waals surface area contributed by atoms with E-state index in [9.17, 15) is 22.8 Å². The number of alkyl halides is 3. The van der Waals surface area contributed by atoms with Crippen molar-refractivity contribution in [3.63, 3.8) is 0 Å². The van der Waals surface area contributed by atoms with Gasteiger partial charge in [0.05, 0.1) is 22.9 Å². The Labute approximate surface area is 180 Å². The molecule has 1 aliphatic rings. The predicted octanol–water partition coefficient (Wildman–Crippen LogP) is 2.93. The average Bonchev–Trinajstić information content (AvgIpc) is 3.45. The van der Waals surface area contributed by atoms with Crippen LogP contribution < -0.4 is 5.32 Å². The number of halogens is 3. The minimum absolute atomic E-state index is 0.165. The van der Waals surface area contributed by atoms with E-state index in [-0.39, 0.29) is 18.2 Å². The molecule has 168 valence electrons. The van der Waals surface area contributed by atoms with Gasteiger partial charge < -0.3 is 14.7 Å². The zero-order valence-electron chi connectivity index (χ0n) is 17.0. The van der Waals surface area contributed by atoms with Gasteiger partial charge in [-0.25, -0.2) is 4.68 Å². The number of aromatic nitrogens is 4. The Morgan fingerprint density at radius 1 is 1.28 bits per heavy atom. The van der Waals surface area contributed by atoms with Crippen LogP contribution in [0.25, 0.3) is 5.69 Å². The summed E-state index contributed by atoms with van der Waals surface area (Å²) in [5.41, 5.74) is -1.42. The number of aryl methyl sites for hydroxylation is 1. The van der Waals surface area contributed by atoms with Crippen LogP contribution in [0.5, 0.6) is 0 Å². The van der Waals surface area contributed by atoms with Crippen LogP contribution in [0.15, 0.2) is 41.2 Å². The molecule has 4 rings (SSSR count). The van der Waals surface area contributed by atoms with Crippen molar-refractivity contribution in [2.45, 2.75) is 31.9 Å². The van der Waals surface area contributed by atoms with Crippen LogP contribution in [-0.4, -0.2) is 49.7 Å². The minimum Gasteiger partial charge on any atom is -0.339 e. The molecule has 1 atom stereocenters. The van der Waals surface area contributed by atoms with Gasteiger partial charge in [0.15, 0.2) is 5.82 Å². The molecule has 0 saturated carbocycles. The highest BCUT2D eigenvalue weighted by Gasteiger charge is 2.36. The van der Waals surface area contributed by atoms with Gasteiger partial charge in [0.1, 0.15) is 0 Å². The summed E-state index contributed by atoms with van der Waals surface area (Å²) in [5.74, 6) is -1.48. The fourth-order valence-corrected chi connectivity index (χ4v) is 3.60. The van der Waals surface area contributed by atoms with Crippen molar-refractivity contribution in [2.24, 2.45) is 0 Å². The molecule has 0 aliphatic carbocycles. The standard InChI is InChI=1S/C20H19F3N6O3/c1-12-25-18(32-27-12)13-4-2-8-28(11-13)19(31)17(30)26-16-6-5-14(29-9-3-7-24-29)10-15(16)20(21,22)23/h3,5-7,9-10,13H,2,4,8,11H2,1H3,(H,26,30). The van der Waals surface area contributed by atoms with Crippen molar-refractivity contribution in [1.29, 1.82) is 0 Å². The lowest BCUT2D eigenvalue weighted by atomic mass is 9.98. The third-order valence-corrected chi connectivity index (χ3v) is 5.12. The molecule has 1 aliphatic heterocycles. The topological polar surface area (TPSA) is 106 Å². The number of anilines is 1. The molecule has 0 spiro atoms. The highest BCUT2D eigenvalue weighted by atomic mass is 19.4. The van der Waals surface area contributed by atoms with Crippen molar-refractivity contribution >= 4 is 17.5 Å². The quantitative estimate of drug-likeness (QED) is 0.618. The molecular weight excluding hydrogens is 429 g/mol. The zero-order chi connectivity index (χ0) is 22.9. The maximum atomic E-state index is 13.6. The number of amides is 2. The molecule has 3 aromatic rings. The number of benzene rings is 1. The summed E-state index contributed by atoms with van der Waals surface area (Å²) < 4.78 is 47.3. The lowest BCUT2D eigenvalue weighted by molar-refractivity contribution is -0.144. The van der Waals surface area contributed by atoms with Gasteiger partial charge in [0.2, 0.25) is 5.89 Å². The number of hydrogen-bond acceptors (Lipinski definition) is 6. The van der Waals surface area contributed by atoms with Crippen molar-refractivity contribution in [3.8, 4) is 5.69 Å². The summed E-state index contributed by atoms with van der Waals surface area (Å²) in [5, 5.41) is 9.75. The molecule has 0 radical (unpaired) electrons. The van der Waals surface area contributed by atoms with E-state index in [0.29, 0.717) is 31.1 Å². The van der Waals surface area contributed by atoms with Crippen LogP contribution >= 0.6 is 0 Å². The van der Waals surface area contributed by atoms with E-state index in [1.54, 1.807) is 13.0 Å². The molecule has 1 aromatic carbocycles. The molecule has 0 bridgehead atoms.